The highest BCUT2D eigenvalue weighted by Gasteiger charge is 2.11. The second-order valence-corrected chi connectivity index (χ2v) is 7.72. The zero-order valence-electron chi connectivity index (χ0n) is 18.2. The van der Waals surface area contributed by atoms with Crippen LogP contribution in [0, 0.1) is 25.2 Å². The number of para-hydroxylation sites is 1. The van der Waals surface area contributed by atoms with Crippen molar-refractivity contribution in [2.75, 3.05) is 17.2 Å². The van der Waals surface area contributed by atoms with Crippen molar-refractivity contribution < 1.29 is 14.3 Å². The molecular formula is C26H22ClN3O3. The number of amides is 2. The Morgan fingerprint density at radius 3 is 2.39 bits per heavy atom. The van der Waals surface area contributed by atoms with E-state index in [4.69, 9.17) is 16.3 Å². The van der Waals surface area contributed by atoms with Crippen LogP contribution in [-0.2, 0) is 9.59 Å². The zero-order valence-corrected chi connectivity index (χ0v) is 18.9. The van der Waals surface area contributed by atoms with Gasteiger partial charge in [-0.25, -0.2) is 0 Å². The third-order valence-corrected chi connectivity index (χ3v) is 5.17. The number of nitrogens with zero attached hydrogens (tertiary/aromatic N) is 1. The molecule has 0 spiro atoms. The highest BCUT2D eigenvalue weighted by atomic mass is 35.5. The molecule has 0 fully saturated rings. The first-order valence-corrected chi connectivity index (χ1v) is 10.5. The van der Waals surface area contributed by atoms with Crippen molar-refractivity contribution in [2.24, 2.45) is 0 Å². The molecule has 0 unspecified atom stereocenters. The molecule has 166 valence electrons. The van der Waals surface area contributed by atoms with Crippen molar-refractivity contribution in [2.45, 2.75) is 13.8 Å². The molecule has 0 atom stereocenters. The van der Waals surface area contributed by atoms with E-state index in [1.165, 1.54) is 6.08 Å². The van der Waals surface area contributed by atoms with Crippen LogP contribution >= 0.6 is 11.6 Å². The van der Waals surface area contributed by atoms with Gasteiger partial charge in [-0.3, -0.25) is 9.59 Å². The molecule has 3 aromatic carbocycles. The van der Waals surface area contributed by atoms with Gasteiger partial charge in [0.1, 0.15) is 17.4 Å². The van der Waals surface area contributed by atoms with Gasteiger partial charge in [0.15, 0.2) is 6.61 Å². The molecular weight excluding hydrogens is 438 g/mol. The highest BCUT2D eigenvalue weighted by Crippen LogP contribution is 2.22. The summed E-state index contributed by atoms with van der Waals surface area (Å²) >= 11 is 6.04. The Balaban J connectivity index is 1.58. The number of benzene rings is 3. The molecule has 0 aliphatic heterocycles. The standard InChI is InChI=1S/C26H22ClN3O3/c1-17-7-10-21(13-18(17)2)29-25(31)16-33-22-11-8-19(9-12-22)14-20(15-28)26(32)30-24-6-4-3-5-23(24)27/h3-14H,16H2,1-2H3,(H,29,31)(H,30,32)/b20-14+. The fourth-order valence-electron chi connectivity index (χ4n) is 2.89. The van der Waals surface area contributed by atoms with Gasteiger partial charge < -0.3 is 15.4 Å². The van der Waals surface area contributed by atoms with Crippen LogP contribution in [0.2, 0.25) is 5.02 Å². The second kappa shape index (κ2) is 11.0. The van der Waals surface area contributed by atoms with Gasteiger partial charge in [0.05, 0.1) is 10.7 Å². The van der Waals surface area contributed by atoms with Crippen LogP contribution in [0.3, 0.4) is 0 Å². The first-order chi connectivity index (χ1) is 15.9. The summed E-state index contributed by atoms with van der Waals surface area (Å²) in [6, 6.07) is 21.1. The first kappa shape index (κ1) is 23.6. The topological polar surface area (TPSA) is 91.2 Å². The van der Waals surface area contributed by atoms with Crippen molar-refractivity contribution in [1.29, 1.82) is 5.26 Å². The van der Waals surface area contributed by atoms with Gasteiger partial charge in [-0.2, -0.15) is 5.26 Å². The number of halogens is 1. The molecule has 0 aliphatic rings. The van der Waals surface area contributed by atoms with Crippen molar-refractivity contribution in [1.82, 2.24) is 0 Å². The molecule has 33 heavy (non-hydrogen) atoms. The van der Waals surface area contributed by atoms with Crippen molar-refractivity contribution in [3.8, 4) is 11.8 Å². The Bertz CT molecular complexity index is 1240. The molecule has 0 saturated heterocycles. The van der Waals surface area contributed by atoms with Gasteiger partial charge in [-0.15, -0.1) is 0 Å². The molecule has 6 nitrogen and oxygen atoms in total. The van der Waals surface area contributed by atoms with Gasteiger partial charge in [0.2, 0.25) is 0 Å². The fraction of sp³-hybridized carbons (Fsp3) is 0.115. The molecule has 0 bridgehead atoms. The minimum atomic E-state index is -0.561. The SMILES string of the molecule is Cc1ccc(NC(=O)COc2ccc(/C=C(\C#N)C(=O)Nc3ccccc3Cl)cc2)cc1C. The smallest absolute Gasteiger partial charge is 0.266 e. The summed E-state index contributed by atoms with van der Waals surface area (Å²) in [6.07, 6.45) is 1.46. The summed E-state index contributed by atoms with van der Waals surface area (Å²) in [6.45, 7) is 3.84. The Kier molecular flexibility index (Phi) is 7.85. The maximum atomic E-state index is 12.4. The number of rotatable bonds is 7. The van der Waals surface area contributed by atoms with E-state index in [1.54, 1.807) is 48.5 Å². The molecule has 0 radical (unpaired) electrons. The Morgan fingerprint density at radius 2 is 1.73 bits per heavy atom. The summed E-state index contributed by atoms with van der Waals surface area (Å²) in [5.41, 5.74) is 3.94. The summed E-state index contributed by atoms with van der Waals surface area (Å²) < 4.78 is 5.53. The lowest BCUT2D eigenvalue weighted by molar-refractivity contribution is -0.118. The van der Waals surface area contributed by atoms with Gasteiger partial charge in [0.25, 0.3) is 11.8 Å². The van der Waals surface area contributed by atoms with E-state index in [0.29, 0.717) is 27.7 Å². The first-order valence-electron chi connectivity index (χ1n) is 10.1. The fourth-order valence-corrected chi connectivity index (χ4v) is 3.08. The quantitative estimate of drug-likeness (QED) is 0.359. The lowest BCUT2D eigenvalue weighted by atomic mass is 10.1. The van der Waals surface area contributed by atoms with Crippen molar-refractivity contribution in [3.05, 3.63) is 94.0 Å². The van der Waals surface area contributed by atoms with Crippen molar-refractivity contribution >= 4 is 40.9 Å². The highest BCUT2D eigenvalue weighted by molar-refractivity contribution is 6.34. The summed E-state index contributed by atoms with van der Waals surface area (Å²) in [7, 11) is 0. The Labute approximate surface area is 197 Å². The van der Waals surface area contributed by atoms with Crippen LogP contribution in [0.1, 0.15) is 16.7 Å². The number of carbonyl (C=O) groups is 2. The number of aryl methyl sites for hydroxylation is 2. The molecule has 0 aromatic heterocycles. The third-order valence-electron chi connectivity index (χ3n) is 4.84. The minimum absolute atomic E-state index is 0.0728. The monoisotopic (exact) mass is 459 g/mol. The predicted octanol–water partition coefficient (Wildman–Crippen LogP) is 5.52. The van der Waals surface area contributed by atoms with E-state index < -0.39 is 5.91 Å². The van der Waals surface area contributed by atoms with Crippen LogP contribution < -0.4 is 15.4 Å². The van der Waals surface area contributed by atoms with E-state index >= 15 is 0 Å². The van der Waals surface area contributed by atoms with Crippen LogP contribution in [0.4, 0.5) is 11.4 Å². The number of nitriles is 1. The minimum Gasteiger partial charge on any atom is -0.484 e. The van der Waals surface area contributed by atoms with E-state index in [2.05, 4.69) is 10.6 Å². The number of ether oxygens (including phenoxy) is 1. The van der Waals surface area contributed by atoms with E-state index in [1.807, 2.05) is 38.1 Å². The van der Waals surface area contributed by atoms with Gasteiger partial charge >= 0.3 is 0 Å². The van der Waals surface area contributed by atoms with Gasteiger partial charge in [-0.05, 0) is 73.0 Å². The molecule has 0 heterocycles. The molecule has 2 amide bonds. The van der Waals surface area contributed by atoms with Crippen LogP contribution in [-0.4, -0.2) is 18.4 Å². The predicted molar refractivity (Wildman–Crippen MR) is 130 cm³/mol. The summed E-state index contributed by atoms with van der Waals surface area (Å²) in [4.78, 5) is 24.6. The number of nitrogens with one attached hydrogen (secondary N) is 2. The van der Waals surface area contributed by atoms with Crippen LogP contribution in [0.15, 0.2) is 72.3 Å². The summed E-state index contributed by atoms with van der Waals surface area (Å²) in [5.74, 6) is -0.347. The van der Waals surface area contributed by atoms with E-state index in [9.17, 15) is 14.9 Å². The molecule has 7 heteroatoms. The second-order valence-electron chi connectivity index (χ2n) is 7.31. The number of anilines is 2. The number of hydrogen-bond donors (Lipinski definition) is 2. The van der Waals surface area contributed by atoms with Crippen molar-refractivity contribution in [3.63, 3.8) is 0 Å². The normalized spacial score (nSPS) is 10.8. The zero-order chi connectivity index (χ0) is 23.8. The lowest BCUT2D eigenvalue weighted by Crippen LogP contribution is -2.20. The van der Waals surface area contributed by atoms with Gasteiger partial charge in [0, 0.05) is 5.69 Å². The number of hydrogen-bond acceptors (Lipinski definition) is 4. The maximum absolute atomic E-state index is 12.4. The lowest BCUT2D eigenvalue weighted by Gasteiger charge is -2.09. The van der Waals surface area contributed by atoms with E-state index in [-0.39, 0.29) is 18.1 Å². The molecule has 0 saturated carbocycles. The maximum Gasteiger partial charge on any atom is 0.266 e. The third kappa shape index (κ3) is 6.70. The Hall–Kier alpha value is -4.08. The molecule has 3 rings (SSSR count). The van der Waals surface area contributed by atoms with Gasteiger partial charge in [-0.1, -0.05) is 41.9 Å². The molecule has 0 aliphatic carbocycles. The van der Waals surface area contributed by atoms with Crippen LogP contribution in [0.5, 0.6) is 5.75 Å². The average Bonchev–Trinajstić information content (AvgIpc) is 2.80. The average molecular weight is 460 g/mol. The van der Waals surface area contributed by atoms with Crippen LogP contribution in [0.25, 0.3) is 6.08 Å². The Morgan fingerprint density at radius 1 is 1.00 bits per heavy atom. The van der Waals surface area contributed by atoms with E-state index in [0.717, 1.165) is 11.1 Å². The molecule has 3 aromatic rings. The summed E-state index contributed by atoms with van der Waals surface area (Å²) in [5, 5.41) is 15.2. The molecule has 2 N–H and O–H groups in total. The number of carbonyl (C=O) groups excluding carboxylic acids is 2. The largest absolute Gasteiger partial charge is 0.484 e.